The lowest BCUT2D eigenvalue weighted by atomic mass is 10.2. The van der Waals surface area contributed by atoms with Crippen molar-refractivity contribution in [2.75, 3.05) is 17.7 Å². The van der Waals surface area contributed by atoms with E-state index in [2.05, 4.69) is 10.9 Å². The fraction of sp³-hybridized carbons (Fsp3) is 0.429. The fourth-order valence-electron chi connectivity index (χ4n) is 1.42. The van der Waals surface area contributed by atoms with Crippen LogP contribution in [0.25, 0.3) is 0 Å². The van der Waals surface area contributed by atoms with E-state index in [1.54, 1.807) is 20.8 Å². The van der Waals surface area contributed by atoms with Crippen molar-refractivity contribution in [3.8, 4) is 12.3 Å². The largest absolute Gasteiger partial charge is 0.443 e. The number of aromatic nitrogens is 1. The Bertz CT molecular complexity index is 652. The van der Waals surface area contributed by atoms with Gasteiger partial charge in [-0.15, -0.1) is 6.42 Å². The summed E-state index contributed by atoms with van der Waals surface area (Å²) in [6, 6.07) is 2.78. The molecule has 7 heteroatoms. The van der Waals surface area contributed by atoms with Crippen molar-refractivity contribution in [3.05, 3.63) is 18.3 Å². The van der Waals surface area contributed by atoms with Crippen molar-refractivity contribution in [2.24, 2.45) is 0 Å². The fourth-order valence-corrected chi connectivity index (χ4v) is 1.98. The first-order chi connectivity index (χ1) is 9.54. The summed E-state index contributed by atoms with van der Waals surface area (Å²) < 4.78 is 28.0. The van der Waals surface area contributed by atoms with E-state index in [9.17, 15) is 13.2 Å². The zero-order valence-electron chi connectivity index (χ0n) is 12.5. The molecule has 0 saturated carbocycles. The molecule has 0 radical (unpaired) electrons. The molecule has 0 unspecified atom stereocenters. The molecule has 6 nitrogen and oxygen atoms in total. The van der Waals surface area contributed by atoms with Crippen LogP contribution in [0.4, 0.5) is 10.5 Å². The molecule has 1 aromatic heterocycles. The second-order valence-electron chi connectivity index (χ2n) is 5.40. The molecule has 0 aliphatic carbocycles. The van der Waals surface area contributed by atoms with Gasteiger partial charge in [0.05, 0.1) is 18.4 Å². The van der Waals surface area contributed by atoms with Crippen molar-refractivity contribution in [1.82, 2.24) is 4.98 Å². The lowest BCUT2D eigenvalue weighted by molar-refractivity contribution is 0.0585. The number of sulfone groups is 1. The van der Waals surface area contributed by atoms with E-state index in [4.69, 9.17) is 11.2 Å². The van der Waals surface area contributed by atoms with Gasteiger partial charge in [0.2, 0.25) is 0 Å². The number of amides is 1. The summed E-state index contributed by atoms with van der Waals surface area (Å²) in [5.41, 5.74) is -0.293. The zero-order valence-corrected chi connectivity index (χ0v) is 13.3. The number of hydrogen-bond donors (Lipinski definition) is 0. The Morgan fingerprint density at radius 2 is 2.05 bits per heavy atom. The van der Waals surface area contributed by atoms with Crippen LogP contribution in [0.2, 0.25) is 0 Å². The highest BCUT2D eigenvalue weighted by Crippen LogP contribution is 2.18. The second-order valence-corrected chi connectivity index (χ2v) is 7.36. The van der Waals surface area contributed by atoms with Gasteiger partial charge in [-0.05, 0) is 32.9 Å². The first kappa shape index (κ1) is 17.0. The first-order valence-electron chi connectivity index (χ1n) is 6.14. The normalized spacial score (nSPS) is 11.6. The molecule has 1 amide bonds. The Morgan fingerprint density at radius 3 is 2.43 bits per heavy atom. The van der Waals surface area contributed by atoms with E-state index in [0.29, 0.717) is 5.69 Å². The van der Waals surface area contributed by atoms with Crippen molar-refractivity contribution < 1.29 is 17.9 Å². The quantitative estimate of drug-likeness (QED) is 0.796. The summed E-state index contributed by atoms with van der Waals surface area (Å²) >= 11 is 0. The minimum atomic E-state index is -3.39. The van der Waals surface area contributed by atoms with E-state index in [0.717, 1.165) is 6.26 Å². The van der Waals surface area contributed by atoms with Crippen LogP contribution >= 0.6 is 0 Å². The van der Waals surface area contributed by atoms with Crippen molar-refractivity contribution >= 4 is 21.6 Å². The third-order valence-corrected chi connectivity index (χ3v) is 3.28. The highest BCUT2D eigenvalue weighted by Gasteiger charge is 2.23. The Kier molecular flexibility index (Phi) is 4.97. The molecule has 0 aliphatic rings. The number of anilines is 1. The molecule has 0 N–H and O–H groups in total. The third-order valence-electron chi connectivity index (χ3n) is 2.28. The summed E-state index contributed by atoms with van der Waals surface area (Å²) in [4.78, 5) is 17.1. The standard InChI is InChI=1S/C14H18N2O4S/c1-6-9-16(13(17)20-14(2,3)4)11-7-8-12(15-10-11)21(5,18)19/h1,7-8,10H,9H2,2-5H3. The smallest absolute Gasteiger partial charge is 0.415 e. The average Bonchev–Trinajstić information content (AvgIpc) is 2.33. The van der Waals surface area contributed by atoms with Crippen LogP contribution in [-0.4, -0.2) is 37.9 Å². The van der Waals surface area contributed by atoms with Crippen LogP contribution in [0.3, 0.4) is 0 Å². The molecule has 0 saturated heterocycles. The van der Waals surface area contributed by atoms with Crippen molar-refractivity contribution in [1.29, 1.82) is 0 Å². The van der Waals surface area contributed by atoms with Gasteiger partial charge in [-0.25, -0.2) is 18.2 Å². The van der Waals surface area contributed by atoms with E-state index >= 15 is 0 Å². The molecule has 0 aliphatic heterocycles. The van der Waals surface area contributed by atoms with E-state index < -0.39 is 21.5 Å². The number of carbonyl (C=O) groups is 1. The van der Waals surface area contributed by atoms with E-state index in [-0.39, 0.29) is 11.6 Å². The molecule has 1 aromatic rings. The first-order valence-corrected chi connectivity index (χ1v) is 8.04. The van der Waals surface area contributed by atoms with Gasteiger partial charge in [-0.1, -0.05) is 5.92 Å². The summed E-state index contributed by atoms with van der Waals surface area (Å²) in [7, 11) is -3.39. The zero-order chi connectivity index (χ0) is 16.3. The number of nitrogens with zero attached hydrogens (tertiary/aromatic N) is 2. The highest BCUT2D eigenvalue weighted by molar-refractivity contribution is 7.90. The van der Waals surface area contributed by atoms with Crippen molar-refractivity contribution in [3.63, 3.8) is 0 Å². The SMILES string of the molecule is C#CCN(C(=O)OC(C)(C)C)c1ccc(S(C)(=O)=O)nc1. The van der Waals surface area contributed by atoms with Gasteiger partial charge in [0.1, 0.15) is 5.60 Å². The number of carbonyl (C=O) groups excluding carboxylic acids is 1. The molecular formula is C14H18N2O4S. The van der Waals surface area contributed by atoms with Crippen LogP contribution in [-0.2, 0) is 14.6 Å². The number of hydrogen-bond acceptors (Lipinski definition) is 5. The Balaban J connectivity index is 3.07. The average molecular weight is 310 g/mol. The van der Waals surface area contributed by atoms with Gasteiger partial charge >= 0.3 is 6.09 Å². The highest BCUT2D eigenvalue weighted by atomic mass is 32.2. The topological polar surface area (TPSA) is 76.6 Å². The predicted molar refractivity (Wildman–Crippen MR) is 79.8 cm³/mol. The molecule has 0 bridgehead atoms. The molecule has 114 valence electrons. The number of ether oxygens (including phenoxy) is 1. The van der Waals surface area contributed by atoms with E-state index in [1.807, 2.05) is 0 Å². The summed E-state index contributed by atoms with van der Waals surface area (Å²) in [5, 5.41) is -0.0731. The maximum Gasteiger partial charge on any atom is 0.415 e. The van der Waals surface area contributed by atoms with Gasteiger partial charge in [0.25, 0.3) is 0 Å². The predicted octanol–water partition coefficient (Wildman–Crippen LogP) is 1.86. The van der Waals surface area contributed by atoms with Crippen LogP contribution in [0, 0.1) is 12.3 Å². The lowest BCUT2D eigenvalue weighted by Gasteiger charge is -2.26. The Labute approximate surface area is 125 Å². The third kappa shape index (κ3) is 5.08. The van der Waals surface area contributed by atoms with Crippen LogP contribution < -0.4 is 4.90 Å². The number of terminal acetylenes is 1. The molecule has 1 heterocycles. The molecular weight excluding hydrogens is 292 g/mol. The minimum Gasteiger partial charge on any atom is -0.443 e. The van der Waals surface area contributed by atoms with Crippen LogP contribution in [0.5, 0.6) is 0 Å². The van der Waals surface area contributed by atoms with Gasteiger partial charge in [0, 0.05) is 6.26 Å². The maximum atomic E-state index is 12.1. The van der Waals surface area contributed by atoms with Gasteiger partial charge in [-0.2, -0.15) is 0 Å². The number of rotatable bonds is 3. The van der Waals surface area contributed by atoms with E-state index in [1.165, 1.54) is 23.2 Å². The Morgan fingerprint density at radius 1 is 1.43 bits per heavy atom. The minimum absolute atomic E-state index is 0.00514. The van der Waals surface area contributed by atoms with Crippen LogP contribution in [0.1, 0.15) is 20.8 Å². The van der Waals surface area contributed by atoms with Gasteiger partial charge in [0.15, 0.2) is 14.9 Å². The molecule has 0 fully saturated rings. The number of pyridine rings is 1. The van der Waals surface area contributed by atoms with Gasteiger partial charge < -0.3 is 4.74 Å². The van der Waals surface area contributed by atoms with Gasteiger partial charge in [-0.3, -0.25) is 4.90 Å². The Hall–Kier alpha value is -2.07. The summed E-state index contributed by atoms with van der Waals surface area (Å²) in [5.74, 6) is 2.36. The lowest BCUT2D eigenvalue weighted by Crippen LogP contribution is -2.37. The summed E-state index contributed by atoms with van der Waals surface area (Å²) in [6.45, 7) is 5.21. The second kappa shape index (κ2) is 6.14. The summed E-state index contributed by atoms with van der Waals surface area (Å²) in [6.07, 6.45) is 6.97. The maximum absolute atomic E-state index is 12.1. The molecule has 1 rings (SSSR count). The molecule has 0 aromatic carbocycles. The monoisotopic (exact) mass is 310 g/mol. The molecule has 0 atom stereocenters. The van der Waals surface area contributed by atoms with Crippen molar-refractivity contribution in [2.45, 2.75) is 31.4 Å². The van der Waals surface area contributed by atoms with Crippen LogP contribution in [0.15, 0.2) is 23.4 Å². The molecule has 21 heavy (non-hydrogen) atoms. The molecule has 0 spiro atoms.